The average Bonchev–Trinajstić information content (AvgIpc) is 2.39. The highest BCUT2D eigenvalue weighted by Gasteiger charge is 2.10. The molecule has 0 radical (unpaired) electrons. The lowest BCUT2D eigenvalue weighted by Crippen LogP contribution is -2.27. The standard InChI is InChI=1S/C15H22N2O/c1-3-4-5-12-17(2)15(18)14-8-6-13(7-9-14)10-11-16/h3,6-9H,1,4-5,10-12,16H2,2H3. The predicted molar refractivity (Wildman–Crippen MR) is 75.6 cm³/mol. The summed E-state index contributed by atoms with van der Waals surface area (Å²) in [4.78, 5) is 13.8. The van der Waals surface area contributed by atoms with Crippen molar-refractivity contribution in [2.75, 3.05) is 20.1 Å². The first kappa shape index (κ1) is 14.5. The first-order valence-corrected chi connectivity index (χ1v) is 6.34. The van der Waals surface area contributed by atoms with Crippen LogP contribution in [0.1, 0.15) is 28.8 Å². The molecule has 0 aliphatic carbocycles. The maximum absolute atomic E-state index is 12.1. The molecule has 0 saturated carbocycles. The van der Waals surface area contributed by atoms with Crippen LogP contribution in [0.5, 0.6) is 0 Å². The van der Waals surface area contributed by atoms with Gasteiger partial charge in [0.2, 0.25) is 0 Å². The van der Waals surface area contributed by atoms with E-state index in [-0.39, 0.29) is 5.91 Å². The predicted octanol–water partition coefficient (Wildman–Crippen LogP) is 2.23. The van der Waals surface area contributed by atoms with Crippen LogP contribution in [0.4, 0.5) is 0 Å². The Morgan fingerprint density at radius 2 is 2.06 bits per heavy atom. The molecule has 0 saturated heterocycles. The number of hydrogen-bond donors (Lipinski definition) is 1. The van der Waals surface area contributed by atoms with Crippen molar-refractivity contribution in [3.63, 3.8) is 0 Å². The number of unbranched alkanes of at least 4 members (excludes halogenated alkanes) is 1. The van der Waals surface area contributed by atoms with Gasteiger partial charge in [-0.15, -0.1) is 6.58 Å². The number of carbonyl (C=O) groups excluding carboxylic acids is 1. The summed E-state index contributed by atoms with van der Waals surface area (Å²) in [6, 6.07) is 7.68. The Kier molecular flexibility index (Phi) is 6.15. The number of amides is 1. The fourth-order valence-electron chi connectivity index (χ4n) is 1.78. The number of hydrogen-bond acceptors (Lipinski definition) is 2. The minimum absolute atomic E-state index is 0.0679. The van der Waals surface area contributed by atoms with Crippen LogP contribution in [0.15, 0.2) is 36.9 Å². The monoisotopic (exact) mass is 246 g/mol. The zero-order valence-electron chi connectivity index (χ0n) is 11.1. The summed E-state index contributed by atoms with van der Waals surface area (Å²) in [7, 11) is 1.83. The molecule has 1 aromatic rings. The van der Waals surface area contributed by atoms with Gasteiger partial charge in [0, 0.05) is 19.2 Å². The Hall–Kier alpha value is -1.61. The summed E-state index contributed by atoms with van der Waals surface area (Å²) >= 11 is 0. The van der Waals surface area contributed by atoms with Crippen LogP contribution in [0, 0.1) is 0 Å². The van der Waals surface area contributed by atoms with E-state index in [0.717, 1.165) is 31.4 Å². The van der Waals surface area contributed by atoms with Crippen LogP contribution in [0.3, 0.4) is 0 Å². The van der Waals surface area contributed by atoms with E-state index in [1.54, 1.807) is 4.90 Å². The van der Waals surface area contributed by atoms with Crippen molar-refractivity contribution in [3.8, 4) is 0 Å². The second-order valence-corrected chi connectivity index (χ2v) is 4.39. The molecular weight excluding hydrogens is 224 g/mol. The number of carbonyl (C=O) groups is 1. The molecule has 18 heavy (non-hydrogen) atoms. The first-order valence-electron chi connectivity index (χ1n) is 6.34. The van der Waals surface area contributed by atoms with Gasteiger partial charge in [-0.25, -0.2) is 0 Å². The van der Waals surface area contributed by atoms with E-state index < -0.39 is 0 Å². The summed E-state index contributed by atoms with van der Waals surface area (Å²) < 4.78 is 0. The van der Waals surface area contributed by atoms with Crippen molar-refractivity contribution in [2.45, 2.75) is 19.3 Å². The highest BCUT2D eigenvalue weighted by atomic mass is 16.2. The number of benzene rings is 1. The largest absolute Gasteiger partial charge is 0.342 e. The van der Waals surface area contributed by atoms with Crippen LogP contribution in [-0.2, 0) is 6.42 Å². The van der Waals surface area contributed by atoms with Crippen molar-refractivity contribution in [1.29, 1.82) is 0 Å². The number of nitrogens with zero attached hydrogens (tertiary/aromatic N) is 1. The Balaban J connectivity index is 2.57. The van der Waals surface area contributed by atoms with Crippen LogP contribution in [0.2, 0.25) is 0 Å². The lowest BCUT2D eigenvalue weighted by molar-refractivity contribution is 0.0794. The van der Waals surface area contributed by atoms with Gasteiger partial charge in [-0.05, 0) is 43.5 Å². The fourth-order valence-corrected chi connectivity index (χ4v) is 1.78. The summed E-state index contributed by atoms with van der Waals surface area (Å²) in [5, 5.41) is 0. The van der Waals surface area contributed by atoms with Crippen molar-refractivity contribution in [3.05, 3.63) is 48.0 Å². The molecule has 1 aromatic carbocycles. The van der Waals surface area contributed by atoms with Gasteiger partial charge in [-0.1, -0.05) is 18.2 Å². The third kappa shape index (κ3) is 4.34. The molecule has 0 aliphatic rings. The molecular formula is C15H22N2O. The van der Waals surface area contributed by atoms with E-state index in [4.69, 9.17) is 5.73 Å². The van der Waals surface area contributed by atoms with E-state index in [9.17, 15) is 4.79 Å². The third-order valence-electron chi connectivity index (χ3n) is 2.88. The lowest BCUT2D eigenvalue weighted by Gasteiger charge is -2.16. The third-order valence-corrected chi connectivity index (χ3v) is 2.88. The molecule has 0 spiro atoms. The topological polar surface area (TPSA) is 46.3 Å². The van der Waals surface area contributed by atoms with E-state index in [2.05, 4.69) is 6.58 Å². The van der Waals surface area contributed by atoms with Gasteiger partial charge in [0.1, 0.15) is 0 Å². The van der Waals surface area contributed by atoms with Gasteiger partial charge in [-0.2, -0.15) is 0 Å². The second-order valence-electron chi connectivity index (χ2n) is 4.39. The molecule has 0 aromatic heterocycles. The summed E-state index contributed by atoms with van der Waals surface area (Å²) in [5.41, 5.74) is 7.39. The molecule has 2 N–H and O–H groups in total. The molecule has 1 rings (SSSR count). The zero-order valence-corrected chi connectivity index (χ0v) is 11.1. The minimum Gasteiger partial charge on any atom is -0.342 e. The van der Waals surface area contributed by atoms with Gasteiger partial charge >= 0.3 is 0 Å². The van der Waals surface area contributed by atoms with Gasteiger partial charge in [0.25, 0.3) is 5.91 Å². The molecule has 0 aliphatic heterocycles. The number of nitrogens with two attached hydrogens (primary N) is 1. The van der Waals surface area contributed by atoms with E-state index >= 15 is 0 Å². The molecule has 0 fully saturated rings. The van der Waals surface area contributed by atoms with Crippen molar-refractivity contribution in [2.24, 2.45) is 5.73 Å². The second kappa shape index (κ2) is 7.67. The van der Waals surface area contributed by atoms with Crippen molar-refractivity contribution in [1.82, 2.24) is 4.90 Å². The maximum atomic E-state index is 12.1. The first-order chi connectivity index (χ1) is 8.69. The maximum Gasteiger partial charge on any atom is 0.253 e. The molecule has 0 heterocycles. The quantitative estimate of drug-likeness (QED) is 0.592. The Morgan fingerprint density at radius 3 is 2.61 bits per heavy atom. The Labute approximate surface area is 109 Å². The van der Waals surface area contributed by atoms with Crippen LogP contribution in [-0.4, -0.2) is 30.9 Å². The summed E-state index contributed by atoms with van der Waals surface area (Å²) in [5.74, 6) is 0.0679. The highest BCUT2D eigenvalue weighted by Crippen LogP contribution is 2.08. The summed E-state index contributed by atoms with van der Waals surface area (Å²) in [6.07, 6.45) is 4.62. The molecule has 0 bridgehead atoms. The van der Waals surface area contributed by atoms with Crippen molar-refractivity contribution >= 4 is 5.91 Å². The van der Waals surface area contributed by atoms with Crippen LogP contribution >= 0.6 is 0 Å². The fraction of sp³-hybridized carbons (Fsp3) is 0.400. The van der Waals surface area contributed by atoms with Gasteiger partial charge < -0.3 is 10.6 Å². The van der Waals surface area contributed by atoms with E-state index in [1.165, 1.54) is 5.56 Å². The highest BCUT2D eigenvalue weighted by molar-refractivity contribution is 5.94. The normalized spacial score (nSPS) is 10.1. The molecule has 0 unspecified atom stereocenters. The smallest absolute Gasteiger partial charge is 0.253 e. The van der Waals surface area contributed by atoms with E-state index in [0.29, 0.717) is 6.54 Å². The molecule has 3 heteroatoms. The average molecular weight is 246 g/mol. The van der Waals surface area contributed by atoms with Crippen molar-refractivity contribution < 1.29 is 4.79 Å². The summed E-state index contributed by atoms with van der Waals surface area (Å²) in [6.45, 7) is 5.07. The lowest BCUT2D eigenvalue weighted by atomic mass is 10.1. The van der Waals surface area contributed by atoms with E-state index in [1.807, 2.05) is 37.4 Å². The van der Waals surface area contributed by atoms with Crippen LogP contribution in [0.25, 0.3) is 0 Å². The Bertz CT molecular complexity index is 384. The molecule has 1 amide bonds. The van der Waals surface area contributed by atoms with Gasteiger partial charge in [0.05, 0.1) is 0 Å². The molecule has 0 atom stereocenters. The SMILES string of the molecule is C=CCCCN(C)C(=O)c1ccc(CCN)cc1. The van der Waals surface area contributed by atoms with Gasteiger partial charge in [0.15, 0.2) is 0 Å². The Morgan fingerprint density at radius 1 is 1.39 bits per heavy atom. The minimum atomic E-state index is 0.0679. The molecule has 3 nitrogen and oxygen atoms in total. The van der Waals surface area contributed by atoms with Gasteiger partial charge in [-0.3, -0.25) is 4.79 Å². The van der Waals surface area contributed by atoms with Crippen LogP contribution < -0.4 is 5.73 Å². The molecule has 98 valence electrons. The number of rotatable bonds is 7. The number of allylic oxidation sites excluding steroid dienone is 1. The zero-order chi connectivity index (χ0) is 13.4.